The van der Waals surface area contributed by atoms with Gasteiger partial charge in [-0.25, -0.2) is 0 Å². The minimum Gasteiger partial charge on any atom is -0.497 e. The van der Waals surface area contributed by atoms with E-state index in [0.717, 1.165) is 27.9 Å². The SMILES string of the molecule is COc1cc(Nc2ccnc3cc(OC)c(C(N)=O)cc23)cc(-c2cccnc2)c1. The number of pyridine rings is 2. The second-order valence-corrected chi connectivity index (χ2v) is 6.61. The van der Waals surface area contributed by atoms with Crippen LogP contribution < -0.4 is 20.5 Å². The summed E-state index contributed by atoms with van der Waals surface area (Å²) in [4.78, 5) is 20.4. The van der Waals surface area contributed by atoms with Gasteiger partial charge in [0.2, 0.25) is 0 Å². The number of carbonyl (C=O) groups excluding carboxylic acids is 1. The van der Waals surface area contributed by atoms with Gasteiger partial charge in [-0.05, 0) is 35.9 Å². The Kier molecular flexibility index (Phi) is 5.17. The number of nitrogens with one attached hydrogen (secondary N) is 1. The molecule has 0 bridgehead atoms. The molecule has 0 saturated heterocycles. The third kappa shape index (κ3) is 3.73. The maximum Gasteiger partial charge on any atom is 0.252 e. The highest BCUT2D eigenvalue weighted by Gasteiger charge is 2.14. The zero-order valence-corrected chi connectivity index (χ0v) is 16.5. The Morgan fingerprint density at radius 1 is 1.00 bits per heavy atom. The van der Waals surface area contributed by atoms with Crippen molar-refractivity contribution in [3.8, 4) is 22.6 Å². The fraction of sp³-hybridized carbons (Fsp3) is 0.0870. The molecule has 2 aromatic carbocycles. The van der Waals surface area contributed by atoms with E-state index in [2.05, 4.69) is 15.3 Å². The molecule has 0 aliphatic carbocycles. The van der Waals surface area contributed by atoms with E-state index in [-0.39, 0.29) is 0 Å². The summed E-state index contributed by atoms with van der Waals surface area (Å²) < 4.78 is 10.8. The number of nitrogens with two attached hydrogens (primary N) is 1. The van der Waals surface area contributed by atoms with E-state index in [4.69, 9.17) is 15.2 Å². The summed E-state index contributed by atoms with van der Waals surface area (Å²) in [5.41, 5.74) is 10.0. The number of hydrogen-bond acceptors (Lipinski definition) is 6. The number of benzene rings is 2. The van der Waals surface area contributed by atoms with E-state index in [1.165, 1.54) is 7.11 Å². The van der Waals surface area contributed by atoms with Gasteiger partial charge in [-0.15, -0.1) is 0 Å². The molecule has 0 aliphatic heterocycles. The number of fused-ring (bicyclic) bond motifs is 1. The first-order chi connectivity index (χ1) is 14.6. The highest BCUT2D eigenvalue weighted by molar-refractivity contribution is 6.03. The third-order valence-corrected chi connectivity index (χ3v) is 4.74. The Balaban J connectivity index is 1.81. The van der Waals surface area contributed by atoms with Gasteiger partial charge in [-0.2, -0.15) is 0 Å². The molecular formula is C23H20N4O3. The molecule has 0 saturated carbocycles. The van der Waals surface area contributed by atoms with E-state index in [9.17, 15) is 4.79 Å². The van der Waals surface area contributed by atoms with Crippen LogP contribution in [-0.4, -0.2) is 30.1 Å². The highest BCUT2D eigenvalue weighted by Crippen LogP contribution is 2.33. The van der Waals surface area contributed by atoms with Crippen molar-refractivity contribution < 1.29 is 14.3 Å². The maximum absolute atomic E-state index is 11.9. The normalized spacial score (nSPS) is 10.6. The Morgan fingerprint density at radius 2 is 1.87 bits per heavy atom. The van der Waals surface area contributed by atoms with Crippen LogP contribution in [0.3, 0.4) is 0 Å². The van der Waals surface area contributed by atoms with E-state index in [1.807, 2.05) is 36.4 Å². The van der Waals surface area contributed by atoms with Crippen molar-refractivity contribution in [1.29, 1.82) is 0 Å². The van der Waals surface area contributed by atoms with Crippen LogP contribution in [0.15, 0.2) is 67.1 Å². The van der Waals surface area contributed by atoms with Crippen molar-refractivity contribution in [2.45, 2.75) is 0 Å². The summed E-state index contributed by atoms with van der Waals surface area (Å²) in [7, 11) is 3.12. The number of rotatable bonds is 6. The Labute approximate surface area is 173 Å². The Hall–Kier alpha value is -4.13. The van der Waals surface area contributed by atoms with Gasteiger partial charge in [0.15, 0.2) is 0 Å². The minimum absolute atomic E-state index is 0.294. The van der Waals surface area contributed by atoms with Crippen molar-refractivity contribution in [2.24, 2.45) is 5.73 Å². The van der Waals surface area contributed by atoms with Gasteiger partial charge >= 0.3 is 0 Å². The van der Waals surface area contributed by atoms with Crippen molar-refractivity contribution in [3.05, 3.63) is 72.7 Å². The molecule has 0 unspecified atom stereocenters. The summed E-state index contributed by atoms with van der Waals surface area (Å²) >= 11 is 0. The minimum atomic E-state index is -0.566. The molecule has 1 amide bonds. The summed E-state index contributed by atoms with van der Waals surface area (Å²) in [5.74, 6) is 0.528. The average molecular weight is 400 g/mol. The molecular weight excluding hydrogens is 380 g/mol. The van der Waals surface area contributed by atoms with Gasteiger partial charge in [-0.1, -0.05) is 6.07 Å². The molecule has 2 heterocycles. The zero-order valence-electron chi connectivity index (χ0n) is 16.5. The van der Waals surface area contributed by atoms with Crippen LogP contribution in [0.5, 0.6) is 11.5 Å². The molecule has 0 spiro atoms. The first-order valence-electron chi connectivity index (χ1n) is 9.22. The molecule has 150 valence electrons. The number of carbonyl (C=O) groups is 1. The number of nitrogens with zero attached hydrogens (tertiary/aromatic N) is 2. The molecule has 2 aromatic heterocycles. The fourth-order valence-corrected chi connectivity index (χ4v) is 3.29. The standard InChI is InChI=1S/C23H20N4O3/c1-29-17-9-15(14-4-3-6-25-13-14)8-16(10-17)27-20-5-7-26-21-12-22(30-2)19(23(24)28)11-18(20)21/h3-13H,1-2H3,(H2,24,28)(H,26,27). The van der Waals surface area contributed by atoms with Gasteiger partial charge < -0.3 is 20.5 Å². The number of anilines is 2. The largest absolute Gasteiger partial charge is 0.497 e. The Bertz CT molecular complexity index is 1230. The molecule has 4 aromatic rings. The second kappa shape index (κ2) is 8.08. The predicted molar refractivity (Wildman–Crippen MR) is 116 cm³/mol. The van der Waals surface area contributed by atoms with Crippen molar-refractivity contribution in [2.75, 3.05) is 19.5 Å². The molecule has 0 radical (unpaired) electrons. The lowest BCUT2D eigenvalue weighted by Crippen LogP contribution is -2.12. The van der Waals surface area contributed by atoms with Crippen molar-refractivity contribution in [1.82, 2.24) is 9.97 Å². The molecule has 7 nitrogen and oxygen atoms in total. The summed E-state index contributed by atoms with van der Waals surface area (Å²) in [6.07, 6.45) is 5.22. The van der Waals surface area contributed by atoms with Crippen LogP contribution in [0, 0.1) is 0 Å². The van der Waals surface area contributed by atoms with Gasteiger partial charge in [0.05, 0.1) is 25.3 Å². The third-order valence-electron chi connectivity index (χ3n) is 4.74. The number of primary amides is 1. The van der Waals surface area contributed by atoms with E-state index in [0.29, 0.717) is 22.6 Å². The van der Waals surface area contributed by atoms with Crippen LogP contribution >= 0.6 is 0 Å². The lowest BCUT2D eigenvalue weighted by atomic mass is 10.1. The van der Waals surface area contributed by atoms with E-state index < -0.39 is 5.91 Å². The number of amides is 1. The number of methoxy groups -OCH3 is 2. The molecule has 0 fully saturated rings. The molecule has 3 N–H and O–H groups in total. The van der Waals surface area contributed by atoms with Crippen LogP contribution in [-0.2, 0) is 0 Å². The predicted octanol–water partition coefficient (Wildman–Crippen LogP) is 4.16. The van der Waals surface area contributed by atoms with E-state index in [1.54, 1.807) is 37.8 Å². The smallest absolute Gasteiger partial charge is 0.252 e. The quantitative estimate of drug-likeness (QED) is 0.504. The molecule has 4 rings (SSSR count). The molecule has 30 heavy (non-hydrogen) atoms. The number of hydrogen-bond donors (Lipinski definition) is 2. The molecule has 0 aliphatic rings. The van der Waals surface area contributed by atoms with Crippen molar-refractivity contribution in [3.63, 3.8) is 0 Å². The van der Waals surface area contributed by atoms with Gasteiger partial charge in [-0.3, -0.25) is 14.8 Å². The highest BCUT2D eigenvalue weighted by atomic mass is 16.5. The lowest BCUT2D eigenvalue weighted by Gasteiger charge is -2.14. The summed E-state index contributed by atoms with van der Waals surface area (Å²) in [6, 6.07) is 14.9. The first-order valence-corrected chi connectivity index (χ1v) is 9.22. The van der Waals surface area contributed by atoms with E-state index >= 15 is 0 Å². The molecule has 7 heteroatoms. The van der Waals surface area contributed by atoms with Gasteiger partial charge in [0, 0.05) is 53.0 Å². The van der Waals surface area contributed by atoms with Crippen LogP contribution in [0.1, 0.15) is 10.4 Å². The number of aromatic nitrogens is 2. The maximum atomic E-state index is 11.9. The Morgan fingerprint density at radius 3 is 2.57 bits per heavy atom. The van der Waals surface area contributed by atoms with Crippen LogP contribution in [0.4, 0.5) is 11.4 Å². The lowest BCUT2D eigenvalue weighted by molar-refractivity contribution is 0.0997. The summed E-state index contributed by atoms with van der Waals surface area (Å²) in [5, 5.41) is 4.15. The van der Waals surface area contributed by atoms with Crippen LogP contribution in [0.2, 0.25) is 0 Å². The first kappa shape index (κ1) is 19.2. The zero-order chi connectivity index (χ0) is 21.1. The topological polar surface area (TPSA) is 99.4 Å². The monoisotopic (exact) mass is 400 g/mol. The molecule has 0 atom stereocenters. The average Bonchev–Trinajstić information content (AvgIpc) is 2.78. The summed E-state index contributed by atoms with van der Waals surface area (Å²) in [6.45, 7) is 0. The number of ether oxygens (including phenoxy) is 2. The fourth-order valence-electron chi connectivity index (χ4n) is 3.29. The second-order valence-electron chi connectivity index (χ2n) is 6.61. The van der Waals surface area contributed by atoms with Crippen LogP contribution in [0.25, 0.3) is 22.0 Å². The van der Waals surface area contributed by atoms with Crippen molar-refractivity contribution >= 4 is 28.2 Å². The van der Waals surface area contributed by atoms with Gasteiger partial charge in [0.1, 0.15) is 11.5 Å². The van der Waals surface area contributed by atoms with Gasteiger partial charge in [0.25, 0.3) is 5.91 Å².